The van der Waals surface area contributed by atoms with Crippen LogP contribution in [-0.4, -0.2) is 23.8 Å². The maximum Gasteiger partial charge on any atom is 0.0771 e. The van der Waals surface area contributed by atoms with E-state index in [0.717, 1.165) is 43.7 Å². The minimum atomic E-state index is -0.433. The third-order valence-corrected chi connectivity index (χ3v) is 4.98. The first-order valence-corrected chi connectivity index (χ1v) is 8.07. The second-order valence-electron chi connectivity index (χ2n) is 7.33. The van der Waals surface area contributed by atoms with E-state index in [1.54, 1.807) is 0 Å². The van der Waals surface area contributed by atoms with E-state index in [2.05, 4.69) is 32.2 Å². The number of allylic oxidation sites excluding steroid dienone is 2. The molecule has 0 aromatic rings. The predicted molar refractivity (Wildman–Crippen MR) is 81.1 cm³/mol. The molecule has 2 nitrogen and oxygen atoms in total. The highest BCUT2D eigenvalue weighted by atomic mass is 16.3. The van der Waals surface area contributed by atoms with Crippen molar-refractivity contribution >= 4 is 0 Å². The Balaban J connectivity index is 1.70. The molecule has 0 radical (unpaired) electrons. The summed E-state index contributed by atoms with van der Waals surface area (Å²) >= 11 is 0. The van der Waals surface area contributed by atoms with E-state index in [4.69, 9.17) is 0 Å². The van der Waals surface area contributed by atoms with Gasteiger partial charge in [0.25, 0.3) is 0 Å². The van der Waals surface area contributed by atoms with E-state index in [1.807, 2.05) is 0 Å². The fourth-order valence-electron chi connectivity index (χ4n) is 3.83. The molecule has 0 aromatic carbocycles. The average Bonchev–Trinajstić information content (AvgIpc) is 2.32. The highest BCUT2D eigenvalue weighted by Gasteiger charge is 2.31. The van der Waals surface area contributed by atoms with Crippen LogP contribution in [0, 0.1) is 17.8 Å². The smallest absolute Gasteiger partial charge is 0.0771 e. The standard InChI is InChI=1S/C17H31NO/c1-13-4-6-17(19,7-5-13)12-18-11-16-9-14(2)8-15(3)10-16/h8,13-14,16,18-19H,4-7,9-12H2,1-3H3. The number of rotatable bonds is 4. The normalized spacial score (nSPS) is 40.0. The van der Waals surface area contributed by atoms with Gasteiger partial charge in [-0.05, 0) is 69.7 Å². The summed E-state index contributed by atoms with van der Waals surface area (Å²) in [7, 11) is 0. The molecule has 2 N–H and O–H groups in total. The molecule has 2 aliphatic carbocycles. The molecule has 0 amide bonds. The van der Waals surface area contributed by atoms with Crippen molar-refractivity contribution in [3.05, 3.63) is 11.6 Å². The fraction of sp³-hybridized carbons (Fsp3) is 0.882. The maximum absolute atomic E-state index is 10.5. The van der Waals surface area contributed by atoms with Crippen molar-refractivity contribution < 1.29 is 5.11 Å². The lowest BCUT2D eigenvalue weighted by molar-refractivity contribution is -0.00673. The van der Waals surface area contributed by atoms with Crippen LogP contribution in [0.1, 0.15) is 59.3 Å². The summed E-state index contributed by atoms with van der Waals surface area (Å²) in [6.07, 6.45) is 9.24. The summed E-state index contributed by atoms with van der Waals surface area (Å²) in [5, 5.41) is 14.1. The Hall–Kier alpha value is -0.340. The van der Waals surface area contributed by atoms with E-state index in [0.29, 0.717) is 0 Å². The van der Waals surface area contributed by atoms with E-state index >= 15 is 0 Å². The Morgan fingerprint density at radius 1 is 1.32 bits per heavy atom. The van der Waals surface area contributed by atoms with Gasteiger partial charge in [0.1, 0.15) is 0 Å². The molecule has 2 rings (SSSR count). The van der Waals surface area contributed by atoms with Crippen LogP contribution in [0.3, 0.4) is 0 Å². The minimum absolute atomic E-state index is 0.433. The molecular weight excluding hydrogens is 234 g/mol. The van der Waals surface area contributed by atoms with Crippen molar-refractivity contribution in [2.45, 2.75) is 64.9 Å². The second kappa shape index (κ2) is 6.41. The molecule has 2 atom stereocenters. The summed E-state index contributed by atoms with van der Waals surface area (Å²) in [5.74, 6) is 2.28. The summed E-state index contributed by atoms with van der Waals surface area (Å²) in [4.78, 5) is 0. The molecule has 2 unspecified atom stereocenters. The zero-order valence-corrected chi connectivity index (χ0v) is 12.9. The van der Waals surface area contributed by atoms with Crippen molar-refractivity contribution in [3.63, 3.8) is 0 Å². The van der Waals surface area contributed by atoms with E-state index in [1.165, 1.54) is 31.3 Å². The Bertz CT molecular complexity index is 315. The predicted octanol–water partition coefficient (Wildman–Crippen LogP) is 3.51. The quantitative estimate of drug-likeness (QED) is 0.762. The van der Waals surface area contributed by atoms with Crippen molar-refractivity contribution in [2.75, 3.05) is 13.1 Å². The highest BCUT2D eigenvalue weighted by Crippen LogP contribution is 2.32. The Morgan fingerprint density at radius 3 is 2.63 bits per heavy atom. The van der Waals surface area contributed by atoms with Gasteiger partial charge in [0.05, 0.1) is 5.60 Å². The van der Waals surface area contributed by atoms with Gasteiger partial charge in [-0.3, -0.25) is 0 Å². The van der Waals surface area contributed by atoms with Crippen LogP contribution in [0.25, 0.3) is 0 Å². The Labute approximate surface area is 118 Å². The zero-order chi connectivity index (χ0) is 13.9. The first kappa shape index (κ1) is 15.1. The lowest BCUT2D eigenvalue weighted by atomic mass is 9.79. The van der Waals surface area contributed by atoms with Crippen LogP contribution < -0.4 is 5.32 Å². The molecule has 19 heavy (non-hydrogen) atoms. The first-order valence-electron chi connectivity index (χ1n) is 8.07. The van der Waals surface area contributed by atoms with Crippen molar-refractivity contribution in [1.82, 2.24) is 5.32 Å². The molecule has 110 valence electrons. The van der Waals surface area contributed by atoms with Gasteiger partial charge in [0.2, 0.25) is 0 Å². The molecule has 2 heteroatoms. The third kappa shape index (κ3) is 4.61. The SMILES string of the molecule is CC1=CC(C)CC(CNCC2(O)CCC(C)CC2)C1. The van der Waals surface area contributed by atoms with Gasteiger partial charge < -0.3 is 10.4 Å². The van der Waals surface area contributed by atoms with Crippen LogP contribution in [0.15, 0.2) is 11.6 Å². The molecule has 1 saturated carbocycles. The average molecular weight is 265 g/mol. The second-order valence-corrected chi connectivity index (χ2v) is 7.33. The molecule has 0 saturated heterocycles. The molecule has 0 spiro atoms. The highest BCUT2D eigenvalue weighted by molar-refractivity contribution is 5.06. The lowest BCUT2D eigenvalue weighted by Gasteiger charge is -2.36. The fourth-order valence-corrected chi connectivity index (χ4v) is 3.83. The van der Waals surface area contributed by atoms with Gasteiger partial charge in [-0.15, -0.1) is 0 Å². The Kier molecular flexibility index (Phi) is 5.08. The molecule has 2 aliphatic rings. The summed E-state index contributed by atoms with van der Waals surface area (Å²) in [6.45, 7) is 8.71. The topological polar surface area (TPSA) is 32.3 Å². The monoisotopic (exact) mass is 265 g/mol. The zero-order valence-electron chi connectivity index (χ0n) is 12.9. The van der Waals surface area contributed by atoms with Crippen LogP contribution in [0.5, 0.6) is 0 Å². The van der Waals surface area contributed by atoms with Crippen LogP contribution in [-0.2, 0) is 0 Å². The number of hydrogen-bond acceptors (Lipinski definition) is 2. The van der Waals surface area contributed by atoms with Crippen LogP contribution >= 0.6 is 0 Å². The molecule has 0 bridgehead atoms. The number of nitrogens with one attached hydrogen (secondary N) is 1. The minimum Gasteiger partial charge on any atom is -0.389 e. The summed E-state index contributed by atoms with van der Waals surface area (Å²) in [6, 6.07) is 0. The number of aliphatic hydroxyl groups is 1. The van der Waals surface area contributed by atoms with Gasteiger partial charge >= 0.3 is 0 Å². The molecule has 1 fully saturated rings. The molecule has 0 aliphatic heterocycles. The largest absolute Gasteiger partial charge is 0.389 e. The van der Waals surface area contributed by atoms with E-state index < -0.39 is 5.60 Å². The summed E-state index contributed by atoms with van der Waals surface area (Å²) < 4.78 is 0. The van der Waals surface area contributed by atoms with Gasteiger partial charge in [-0.2, -0.15) is 0 Å². The van der Waals surface area contributed by atoms with Crippen LogP contribution in [0.2, 0.25) is 0 Å². The maximum atomic E-state index is 10.5. The third-order valence-electron chi connectivity index (χ3n) is 4.98. The summed E-state index contributed by atoms with van der Waals surface area (Å²) in [5.41, 5.74) is 1.10. The van der Waals surface area contributed by atoms with E-state index in [-0.39, 0.29) is 0 Å². The van der Waals surface area contributed by atoms with Crippen LogP contribution in [0.4, 0.5) is 0 Å². The van der Waals surface area contributed by atoms with Crippen molar-refractivity contribution in [3.8, 4) is 0 Å². The Morgan fingerprint density at radius 2 is 2.00 bits per heavy atom. The van der Waals surface area contributed by atoms with Gasteiger partial charge in [-0.25, -0.2) is 0 Å². The lowest BCUT2D eigenvalue weighted by Crippen LogP contribution is -2.44. The molecule has 0 heterocycles. The van der Waals surface area contributed by atoms with Gasteiger partial charge in [0.15, 0.2) is 0 Å². The van der Waals surface area contributed by atoms with Gasteiger partial charge in [-0.1, -0.05) is 25.5 Å². The molecule has 0 aromatic heterocycles. The van der Waals surface area contributed by atoms with Gasteiger partial charge in [0, 0.05) is 6.54 Å². The first-order chi connectivity index (χ1) is 8.97. The molecular formula is C17H31NO. The van der Waals surface area contributed by atoms with Crippen molar-refractivity contribution in [1.29, 1.82) is 0 Å². The number of hydrogen-bond donors (Lipinski definition) is 2. The van der Waals surface area contributed by atoms with Crippen molar-refractivity contribution in [2.24, 2.45) is 17.8 Å². The van der Waals surface area contributed by atoms with E-state index in [9.17, 15) is 5.11 Å².